The normalized spacial score (nSPS) is 10.6. The molecule has 0 aromatic heterocycles. The number of halogens is 3. The van der Waals surface area contributed by atoms with E-state index in [9.17, 15) is 13.2 Å². The molecule has 21 heavy (non-hydrogen) atoms. The van der Waals surface area contributed by atoms with Crippen molar-refractivity contribution in [2.24, 2.45) is 0 Å². The van der Waals surface area contributed by atoms with Crippen molar-refractivity contribution in [3.63, 3.8) is 0 Å². The van der Waals surface area contributed by atoms with Gasteiger partial charge in [-0.15, -0.1) is 0 Å². The maximum absolute atomic E-state index is 13.2. The molecule has 1 N–H and O–H groups in total. The van der Waals surface area contributed by atoms with Gasteiger partial charge in [0.1, 0.15) is 5.75 Å². The molecule has 0 saturated carbocycles. The molecule has 0 spiro atoms. The van der Waals surface area contributed by atoms with Gasteiger partial charge in [-0.25, -0.2) is 13.2 Å². The van der Waals surface area contributed by atoms with Crippen molar-refractivity contribution in [3.05, 3.63) is 58.4 Å². The van der Waals surface area contributed by atoms with Crippen LogP contribution in [0.25, 0.3) is 0 Å². The second kappa shape index (κ2) is 6.08. The van der Waals surface area contributed by atoms with Gasteiger partial charge in [-0.05, 0) is 43.2 Å². The second-order valence-corrected chi connectivity index (χ2v) is 4.82. The number of nitrogens with one attached hydrogen (secondary N) is 1. The van der Waals surface area contributed by atoms with E-state index in [1.807, 2.05) is 26.0 Å². The Morgan fingerprint density at radius 3 is 2.24 bits per heavy atom. The van der Waals surface area contributed by atoms with E-state index in [2.05, 4.69) is 5.32 Å². The number of hydrogen-bond acceptors (Lipinski definition) is 2. The number of anilines is 1. The third-order valence-corrected chi connectivity index (χ3v) is 3.33. The standard InChI is InChI=1S/C16H16F3NO/c1-9-4-5-14(10(2)16(9)21-3)20-8-11-6-12(17)15(19)13(18)7-11/h4-7,20H,8H2,1-3H3. The third-order valence-electron chi connectivity index (χ3n) is 3.33. The quantitative estimate of drug-likeness (QED) is 0.847. The van der Waals surface area contributed by atoms with Crippen molar-refractivity contribution in [3.8, 4) is 5.75 Å². The monoisotopic (exact) mass is 295 g/mol. The number of methoxy groups -OCH3 is 1. The Balaban J connectivity index is 2.21. The predicted molar refractivity (Wildman–Crippen MR) is 76.1 cm³/mol. The van der Waals surface area contributed by atoms with Crippen LogP contribution in [0.2, 0.25) is 0 Å². The Hall–Kier alpha value is -2.17. The van der Waals surface area contributed by atoms with Crippen molar-refractivity contribution in [2.75, 3.05) is 12.4 Å². The zero-order chi connectivity index (χ0) is 15.6. The third kappa shape index (κ3) is 3.12. The highest BCUT2D eigenvalue weighted by atomic mass is 19.2. The maximum Gasteiger partial charge on any atom is 0.194 e. The van der Waals surface area contributed by atoms with Crippen LogP contribution in [0.3, 0.4) is 0 Å². The summed E-state index contributed by atoms with van der Waals surface area (Å²) in [6.45, 7) is 4.00. The molecule has 0 aliphatic heterocycles. The van der Waals surface area contributed by atoms with Gasteiger partial charge in [0.15, 0.2) is 17.5 Å². The fourth-order valence-electron chi connectivity index (χ4n) is 2.24. The first-order valence-corrected chi connectivity index (χ1v) is 6.45. The van der Waals surface area contributed by atoms with Crippen LogP contribution in [-0.4, -0.2) is 7.11 Å². The van der Waals surface area contributed by atoms with Crippen molar-refractivity contribution in [2.45, 2.75) is 20.4 Å². The Kier molecular flexibility index (Phi) is 4.40. The van der Waals surface area contributed by atoms with Crippen molar-refractivity contribution < 1.29 is 17.9 Å². The molecule has 5 heteroatoms. The molecule has 0 aliphatic rings. The Morgan fingerprint density at radius 1 is 1.05 bits per heavy atom. The zero-order valence-electron chi connectivity index (χ0n) is 12.1. The van der Waals surface area contributed by atoms with Gasteiger partial charge in [-0.1, -0.05) is 6.07 Å². The molecule has 0 radical (unpaired) electrons. The van der Waals surface area contributed by atoms with Crippen LogP contribution in [0, 0.1) is 31.3 Å². The summed E-state index contributed by atoms with van der Waals surface area (Å²) >= 11 is 0. The van der Waals surface area contributed by atoms with Gasteiger partial charge in [0.05, 0.1) is 7.11 Å². The van der Waals surface area contributed by atoms with Gasteiger partial charge >= 0.3 is 0 Å². The van der Waals surface area contributed by atoms with Gasteiger partial charge < -0.3 is 10.1 Å². The largest absolute Gasteiger partial charge is 0.496 e. The molecule has 0 heterocycles. The van der Waals surface area contributed by atoms with E-state index in [-0.39, 0.29) is 6.54 Å². The molecular weight excluding hydrogens is 279 g/mol. The molecule has 0 amide bonds. The first kappa shape index (κ1) is 15.2. The lowest BCUT2D eigenvalue weighted by atomic mass is 10.1. The molecule has 0 unspecified atom stereocenters. The summed E-state index contributed by atoms with van der Waals surface area (Å²) in [7, 11) is 1.59. The second-order valence-electron chi connectivity index (χ2n) is 4.82. The molecule has 0 saturated heterocycles. The Bertz CT molecular complexity index is 648. The van der Waals surface area contributed by atoms with Crippen LogP contribution in [0.15, 0.2) is 24.3 Å². The minimum atomic E-state index is -1.45. The molecule has 2 rings (SSSR count). The molecule has 2 nitrogen and oxygen atoms in total. The number of rotatable bonds is 4. The summed E-state index contributed by atoms with van der Waals surface area (Å²) in [6, 6.07) is 5.71. The molecule has 2 aromatic carbocycles. The van der Waals surface area contributed by atoms with Crippen LogP contribution in [0.1, 0.15) is 16.7 Å². The summed E-state index contributed by atoms with van der Waals surface area (Å²) in [5.74, 6) is -3.07. The van der Waals surface area contributed by atoms with E-state index in [0.29, 0.717) is 5.56 Å². The topological polar surface area (TPSA) is 21.3 Å². The summed E-state index contributed by atoms with van der Waals surface area (Å²) in [5.41, 5.74) is 3.02. The van der Waals surface area contributed by atoms with E-state index in [1.54, 1.807) is 7.11 Å². The zero-order valence-corrected chi connectivity index (χ0v) is 12.1. The molecule has 2 aromatic rings. The Morgan fingerprint density at radius 2 is 1.67 bits per heavy atom. The molecule has 0 fully saturated rings. The maximum atomic E-state index is 13.2. The van der Waals surface area contributed by atoms with Gasteiger partial charge in [0.25, 0.3) is 0 Å². The molecule has 0 aliphatic carbocycles. The van der Waals surface area contributed by atoms with Crippen molar-refractivity contribution in [1.82, 2.24) is 0 Å². The van der Waals surface area contributed by atoms with E-state index in [1.165, 1.54) is 0 Å². The SMILES string of the molecule is COc1c(C)ccc(NCc2cc(F)c(F)c(F)c2)c1C. The fourth-order valence-corrected chi connectivity index (χ4v) is 2.24. The lowest BCUT2D eigenvalue weighted by Crippen LogP contribution is -2.04. The minimum Gasteiger partial charge on any atom is -0.496 e. The smallest absolute Gasteiger partial charge is 0.194 e. The Labute approximate surface area is 121 Å². The van der Waals surface area contributed by atoms with Crippen LogP contribution in [0.5, 0.6) is 5.75 Å². The highest BCUT2D eigenvalue weighted by Gasteiger charge is 2.11. The van der Waals surface area contributed by atoms with Crippen LogP contribution >= 0.6 is 0 Å². The number of ether oxygens (including phenoxy) is 1. The molecule has 0 atom stereocenters. The van der Waals surface area contributed by atoms with Crippen molar-refractivity contribution >= 4 is 5.69 Å². The van der Waals surface area contributed by atoms with Crippen LogP contribution in [-0.2, 0) is 6.54 Å². The molecular formula is C16H16F3NO. The van der Waals surface area contributed by atoms with E-state index < -0.39 is 17.5 Å². The van der Waals surface area contributed by atoms with Gasteiger partial charge in [-0.2, -0.15) is 0 Å². The summed E-state index contributed by atoms with van der Waals surface area (Å²) < 4.78 is 44.5. The van der Waals surface area contributed by atoms with E-state index >= 15 is 0 Å². The fraction of sp³-hybridized carbons (Fsp3) is 0.250. The lowest BCUT2D eigenvalue weighted by Gasteiger charge is -2.15. The summed E-state index contributed by atoms with van der Waals surface area (Å²) in [5, 5.41) is 3.07. The predicted octanol–water partition coefficient (Wildman–Crippen LogP) is 4.34. The highest BCUT2D eigenvalue weighted by molar-refractivity contribution is 5.59. The van der Waals surface area contributed by atoms with E-state index in [0.717, 1.165) is 34.7 Å². The van der Waals surface area contributed by atoms with Crippen molar-refractivity contribution in [1.29, 1.82) is 0 Å². The number of aryl methyl sites for hydroxylation is 1. The highest BCUT2D eigenvalue weighted by Crippen LogP contribution is 2.29. The summed E-state index contributed by atoms with van der Waals surface area (Å²) in [4.78, 5) is 0. The minimum absolute atomic E-state index is 0.182. The van der Waals surface area contributed by atoms with E-state index in [4.69, 9.17) is 4.74 Å². The van der Waals surface area contributed by atoms with Gasteiger partial charge in [0.2, 0.25) is 0 Å². The number of hydrogen-bond donors (Lipinski definition) is 1. The van der Waals surface area contributed by atoms with Crippen LogP contribution < -0.4 is 10.1 Å². The lowest BCUT2D eigenvalue weighted by molar-refractivity contribution is 0.409. The summed E-state index contributed by atoms with van der Waals surface area (Å²) in [6.07, 6.45) is 0. The van der Waals surface area contributed by atoms with Gasteiger partial charge in [0, 0.05) is 17.8 Å². The van der Waals surface area contributed by atoms with Crippen LogP contribution in [0.4, 0.5) is 18.9 Å². The first-order chi connectivity index (χ1) is 9.93. The first-order valence-electron chi connectivity index (χ1n) is 6.45. The number of benzene rings is 2. The molecule has 112 valence electrons. The molecule has 0 bridgehead atoms. The van der Waals surface area contributed by atoms with Gasteiger partial charge in [-0.3, -0.25) is 0 Å². The average molecular weight is 295 g/mol. The average Bonchev–Trinajstić information content (AvgIpc) is 2.44.